The standard InChI is InChI=1S/C11H23F2N/c1-8(2)7-10(9(3)4)5-6-14-11(12)13/h8-11,14H,5-7H2,1-4H3. The van der Waals surface area contributed by atoms with Crippen molar-refractivity contribution >= 4 is 0 Å². The molecule has 0 aliphatic rings. The Bertz CT molecular complexity index is 135. The van der Waals surface area contributed by atoms with Crippen molar-refractivity contribution in [3.63, 3.8) is 0 Å². The summed E-state index contributed by atoms with van der Waals surface area (Å²) in [6, 6.07) is 0. The highest BCUT2D eigenvalue weighted by Crippen LogP contribution is 2.23. The third kappa shape index (κ3) is 7.25. The maximum Gasteiger partial charge on any atom is 0.292 e. The zero-order chi connectivity index (χ0) is 11.1. The van der Waals surface area contributed by atoms with Crippen LogP contribution in [-0.4, -0.2) is 13.1 Å². The summed E-state index contributed by atoms with van der Waals surface area (Å²) in [6.45, 7) is 6.73. The van der Waals surface area contributed by atoms with Crippen LogP contribution in [-0.2, 0) is 0 Å². The first-order valence-corrected chi connectivity index (χ1v) is 5.45. The fourth-order valence-corrected chi connectivity index (χ4v) is 1.71. The molecule has 14 heavy (non-hydrogen) atoms. The van der Waals surface area contributed by atoms with E-state index in [0.717, 1.165) is 12.8 Å². The molecule has 1 nitrogen and oxygen atoms in total. The van der Waals surface area contributed by atoms with E-state index in [9.17, 15) is 8.78 Å². The van der Waals surface area contributed by atoms with Gasteiger partial charge in [-0.25, -0.2) is 0 Å². The predicted molar refractivity (Wildman–Crippen MR) is 56.4 cm³/mol. The van der Waals surface area contributed by atoms with E-state index in [4.69, 9.17) is 0 Å². The molecule has 0 rings (SSSR count). The molecule has 3 heteroatoms. The summed E-state index contributed by atoms with van der Waals surface area (Å²) in [5.74, 6) is 1.78. The minimum absolute atomic E-state index is 0.424. The second-order valence-electron chi connectivity index (χ2n) is 4.68. The van der Waals surface area contributed by atoms with Crippen LogP contribution in [0, 0.1) is 17.8 Å². The largest absolute Gasteiger partial charge is 0.292 e. The van der Waals surface area contributed by atoms with Crippen LogP contribution in [0.2, 0.25) is 0 Å². The smallest absolute Gasteiger partial charge is 0.261 e. The number of hydrogen-bond donors (Lipinski definition) is 1. The van der Waals surface area contributed by atoms with E-state index in [2.05, 4.69) is 33.0 Å². The van der Waals surface area contributed by atoms with E-state index in [-0.39, 0.29) is 0 Å². The number of alkyl halides is 2. The van der Waals surface area contributed by atoms with Gasteiger partial charge in [0.15, 0.2) is 0 Å². The van der Waals surface area contributed by atoms with Crippen molar-refractivity contribution in [2.24, 2.45) is 17.8 Å². The van der Waals surface area contributed by atoms with Gasteiger partial charge in [0.25, 0.3) is 6.55 Å². The molecular weight excluding hydrogens is 184 g/mol. The summed E-state index contributed by atoms with van der Waals surface area (Å²) < 4.78 is 23.7. The fourth-order valence-electron chi connectivity index (χ4n) is 1.71. The first-order chi connectivity index (χ1) is 6.43. The molecule has 1 unspecified atom stereocenters. The maximum atomic E-state index is 11.8. The molecule has 0 aliphatic heterocycles. The molecule has 0 spiro atoms. The molecule has 0 saturated carbocycles. The summed E-state index contributed by atoms with van der Waals surface area (Å²) in [5.41, 5.74) is 0. The first-order valence-electron chi connectivity index (χ1n) is 5.45. The van der Waals surface area contributed by atoms with Crippen molar-refractivity contribution in [2.75, 3.05) is 6.54 Å². The minimum Gasteiger partial charge on any atom is -0.261 e. The molecular formula is C11H23F2N. The molecule has 0 amide bonds. The number of nitrogens with one attached hydrogen (secondary N) is 1. The van der Waals surface area contributed by atoms with Crippen molar-refractivity contribution in [3.05, 3.63) is 0 Å². The van der Waals surface area contributed by atoms with E-state index < -0.39 is 6.55 Å². The molecule has 1 atom stereocenters. The Morgan fingerprint density at radius 2 is 1.64 bits per heavy atom. The van der Waals surface area contributed by atoms with Gasteiger partial charge in [-0.2, -0.15) is 8.78 Å². The van der Waals surface area contributed by atoms with E-state index in [1.165, 1.54) is 0 Å². The lowest BCUT2D eigenvalue weighted by Gasteiger charge is -2.22. The Morgan fingerprint density at radius 1 is 1.07 bits per heavy atom. The van der Waals surface area contributed by atoms with Gasteiger partial charge in [-0.1, -0.05) is 27.7 Å². The molecule has 86 valence electrons. The van der Waals surface area contributed by atoms with Crippen molar-refractivity contribution in [2.45, 2.75) is 47.1 Å². The van der Waals surface area contributed by atoms with Crippen LogP contribution in [0.1, 0.15) is 40.5 Å². The normalized spacial score (nSPS) is 14.4. The summed E-state index contributed by atoms with van der Waals surface area (Å²) in [5, 5.41) is 2.17. The summed E-state index contributed by atoms with van der Waals surface area (Å²) in [7, 11) is 0. The van der Waals surface area contributed by atoms with Gasteiger partial charge >= 0.3 is 0 Å². The molecule has 0 fully saturated rings. The summed E-state index contributed by atoms with van der Waals surface area (Å²) >= 11 is 0. The molecule has 0 aromatic heterocycles. The monoisotopic (exact) mass is 207 g/mol. The lowest BCUT2D eigenvalue weighted by atomic mass is 9.85. The lowest BCUT2D eigenvalue weighted by Crippen LogP contribution is -2.25. The minimum atomic E-state index is -2.37. The number of hydrogen-bond acceptors (Lipinski definition) is 1. The lowest BCUT2D eigenvalue weighted by molar-refractivity contribution is 0.104. The number of halogens is 2. The van der Waals surface area contributed by atoms with Gasteiger partial charge in [0.1, 0.15) is 0 Å². The molecule has 1 N–H and O–H groups in total. The second kappa shape index (κ2) is 7.16. The molecule has 0 heterocycles. The predicted octanol–water partition coefficient (Wildman–Crippen LogP) is 3.51. The maximum absolute atomic E-state index is 11.8. The average Bonchev–Trinajstić information content (AvgIpc) is 2.00. The third-order valence-corrected chi connectivity index (χ3v) is 2.53. The SMILES string of the molecule is CC(C)CC(CCNC(F)F)C(C)C. The van der Waals surface area contributed by atoms with Crippen LogP contribution >= 0.6 is 0 Å². The van der Waals surface area contributed by atoms with Crippen LogP contribution in [0.15, 0.2) is 0 Å². The van der Waals surface area contributed by atoms with Crippen molar-refractivity contribution in [1.82, 2.24) is 5.32 Å². The Morgan fingerprint density at radius 3 is 2.00 bits per heavy atom. The fraction of sp³-hybridized carbons (Fsp3) is 1.00. The average molecular weight is 207 g/mol. The van der Waals surface area contributed by atoms with Crippen LogP contribution in [0.4, 0.5) is 8.78 Å². The van der Waals surface area contributed by atoms with Gasteiger partial charge in [0.2, 0.25) is 0 Å². The van der Waals surface area contributed by atoms with Crippen molar-refractivity contribution < 1.29 is 8.78 Å². The summed E-state index contributed by atoms with van der Waals surface area (Å²) in [6.07, 6.45) is 1.97. The molecule has 0 saturated heterocycles. The second-order valence-corrected chi connectivity index (χ2v) is 4.68. The van der Waals surface area contributed by atoms with Gasteiger partial charge in [-0.15, -0.1) is 0 Å². The Kier molecular flexibility index (Phi) is 7.06. The summed E-state index contributed by atoms with van der Waals surface area (Å²) in [4.78, 5) is 0. The molecule has 0 aromatic carbocycles. The third-order valence-electron chi connectivity index (χ3n) is 2.53. The number of rotatable bonds is 7. The molecule has 0 bridgehead atoms. The Balaban J connectivity index is 3.74. The Labute approximate surface area is 86.3 Å². The van der Waals surface area contributed by atoms with Gasteiger partial charge in [0.05, 0.1) is 0 Å². The van der Waals surface area contributed by atoms with E-state index in [1.54, 1.807) is 0 Å². The van der Waals surface area contributed by atoms with Gasteiger partial charge in [0, 0.05) is 6.54 Å². The van der Waals surface area contributed by atoms with Crippen molar-refractivity contribution in [3.8, 4) is 0 Å². The highest BCUT2D eigenvalue weighted by molar-refractivity contribution is 4.66. The highest BCUT2D eigenvalue weighted by atomic mass is 19.3. The van der Waals surface area contributed by atoms with Crippen LogP contribution in [0.3, 0.4) is 0 Å². The molecule has 0 radical (unpaired) electrons. The van der Waals surface area contributed by atoms with Crippen molar-refractivity contribution in [1.29, 1.82) is 0 Å². The highest BCUT2D eigenvalue weighted by Gasteiger charge is 2.15. The molecule has 0 aromatic rings. The zero-order valence-electron chi connectivity index (χ0n) is 9.69. The van der Waals surface area contributed by atoms with Gasteiger partial charge in [-0.05, 0) is 30.6 Å². The zero-order valence-corrected chi connectivity index (χ0v) is 9.69. The van der Waals surface area contributed by atoms with Gasteiger partial charge < -0.3 is 0 Å². The van der Waals surface area contributed by atoms with Gasteiger partial charge in [-0.3, -0.25) is 5.32 Å². The Hall–Kier alpha value is -0.180. The first kappa shape index (κ1) is 13.8. The van der Waals surface area contributed by atoms with Crippen LogP contribution in [0.25, 0.3) is 0 Å². The van der Waals surface area contributed by atoms with E-state index in [0.29, 0.717) is 24.3 Å². The molecule has 0 aliphatic carbocycles. The van der Waals surface area contributed by atoms with E-state index >= 15 is 0 Å². The van der Waals surface area contributed by atoms with Crippen LogP contribution < -0.4 is 5.32 Å². The van der Waals surface area contributed by atoms with E-state index in [1.807, 2.05) is 0 Å². The van der Waals surface area contributed by atoms with Crippen LogP contribution in [0.5, 0.6) is 0 Å². The topological polar surface area (TPSA) is 12.0 Å². The quantitative estimate of drug-likeness (QED) is 0.630.